The molecule has 0 radical (unpaired) electrons. The van der Waals surface area contributed by atoms with Crippen LogP contribution in [0.2, 0.25) is 0 Å². The van der Waals surface area contributed by atoms with E-state index in [0.29, 0.717) is 42.5 Å². The van der Waals surface area contributed by atoms with E-state index in [1.165, 1.54) is 5.57 Å². The van der Waals surface area contributed by atoms with Crippen LogP contribution in [0.5, 0.6) is 0 Å². The lowest BCUT2D eigenvalue weighted by Crippen LogP contribution is -2.37. The Morgan fingerprint density at radius 1 is 1.18 bits per heavy atom. The van der Waals surface area contributed by atoms with Crippen molar-refractivity contribution in [2.24, 2.45) is 23.7 Å². The van der Waals surface area contributed by atoms with E-state index in [1.54, 1.807) is 36.7 Å². The molecule has 3 rings (SSSR count). The minimum absolute atomic E-state index is 0.0478. The molecule has 0 saturated heterocycles. The quantitative estimate of drug-likeness (QED) is 0.595. The van der Waals surface area contributed by atoms with E-state index < -0.39 is 0 Å². The van der Waals surface area contributed by atoms with E-state index in [9.17, 15) is 9.59 Å². The van der Waals surface area contributed by atoms with Gasteiger partial charge in [-0.1, -0.05) is 31.6 Å². The first-order valence-corrected chi connectivity index (χ1v) is 11.5. The number of nitrogens with zero attached hydrogens (tertiary/aromatic N) is 2. The SMILES string of the molecule is CC1=C[C@@H](CNC(=O)c2ccc(C#N)cc2)[C@H](C(C)C)C[C@H]1CC(=O)NCc1cccnc1. The number of benzene rings is 1. The first-order chi connectivity index (χ1) is 15.9. The van der Waals surface area contributed by atoms with Gasteiger partial charge in [0.2, 0.25) is 5.91 Å². The van der Waals surface area contributed by atoms with Crippen molar-refractivity contribution in [3.63, 3.8) is 0 Å². The Morgan fingerprint density at radius 2 is 1.94 bits per heavy atom. The second-order valence-electron chi connectivity index (χ2n) is 9.16. The minimum Gasteiger partial charge on any atom is -0.352 e. The van der Waals surface area contributed by atoms with Crippen LogP contribution in [0.4, 0.5) is 0 Å². The van der Waals surface area contributed by atoms with Crippen LogP contribution in [0.1, 0.15) is 55.1 Å². The number of nitrogens with one attached hydrogen (secondary N) is 2. The van der Waals surface area contributed by atoms with Crippen LogP contribution in [-0.2, 0) is 11.3 Å². The number of nitriles is 1. The Balaban J connectivity index is 1.58. The Labute approximate surface area is 196 Å². The Hall–Kier alpha value is -3.46. The van der Waals surface area contributed by atoms with Crippen molar-refractivity contribution in [3.05, 3.63) is 77.1 Å². The summed E-state index contributed by atoms with van der Waals surface area (Å²) in [5.41, 5.74) is 3.28. The average molecular weight is 445 g/mol. The van der Waals surface area contributed by atoms with Gasteiger partial charge >= 0.3 is 0 Å². The van der Waals surface area contributed by atoms with E-state index in [4.69, 9.17) is 5.26 Å². The minimum atomic E-state index is -0.134. The van der Waals surface area contributed by atoms with Gasteiger partial charge < -0.3 is 10.6 Å². The fourth-order valence-corrected chi connectivity index (χ4v) is 4.52. The summed E-state index contributed by atoms with van der Waals surface area (Å²) in [6.45, 7) is 7.53. The monoisotopic (exact) mass is 444 g/mol. The standard InChI is InChI=1S/C27H32N4O2/c1-18(2)25-12-23(13-26(32)30-16-21-5-4-10-29-15-21)19(3)11-24(25)17-31-27(33)22-8-6-20(14-28)7-9-22/h4-11,15,18,23-25H,12-13,16-17H2,1-3H3,(H,30,32)(H,31,33)/t23-,24-,25-/m0/s1. The van der Waals surface area contributed by atoms with E-state index in [-0.39, 0.29) is 23.7 Å². The summed E-state index contributed by atoms with van der Waals surface area (Å²) in [5.74, 6) is 1.16. The Morgan fingerprint density at radius 3 is 2.58 bits per heavy atom. The zero-order valence-corrected chi connectivity index (χ0v) is 19.5. The first-order valence-electron chi connectivity index (χ1n) is 11.5. The summed E-state index contributed by atoms with van der Waals surface area (Å²) in [5, 5.41) is 15.0. The van der Waals surface area contributed by atoms with Crippen LogP contribution in [0.3, 0.4) is 0 Å². The molecule has 33 heavy (non-hydrogen) atoms. The number of rotatable bonds is 8. The number of aromatic nitrogens is 1. The molecule has 6 heteroatoms. The molecule has 3 atom stereocenters. The fraction of sp³-hybridized carbons (Fsp3) is 0.407. The molecule has 1 aliphatic rings. The van der Waals surface area contributed by atoms with Gasteiger partial charge in [-0.05, 0) is 72.9 Å². The van der Waals surface area contributed by atoms with Crippen LogP contribution in [0, 0.1) is 35.0 Å². The predicted octanol–water partition coefficient (Wildman–Crippen LogP) is 4.24. The molecular formula is C27H32N4O2. The highest BCUT2D eigenvalue weighted by molar-refractivity contribution is 5.94. The van der Waals surface area contributed by atoms with Gasteiger partial charge in [-0.3, -0.25) is 14.6 Å². The average Bonchev–Trinajstić information content (AvgIpc) is 2.83. The van der Waals surface area contributed by atoms with Crippen molar-refractivity contribution < 1.29 is 9.59 Å². The summed E-state index contributed by atoms with van der Waals surface area (Å²) in [4.78, 5) is 29.2. The maximum Gasteiger partial charge on any atom is 0.251 e. The van der Waals surface area contributed by atoms with Crippen molar-refractivity contribution in [2.45, 2.75) is 40.2 Å². The molecule has 6 nitrogen and oxygen atoms in total. The summed E-state index contributed by atoms with van der Waals surface area (Å²) in [7, 11) is 0. The second kappa shape index (κ2) is 11.4. The van der Waals surface area contributed by atoms with Crippen molar-refractivity contribution in [2.75, 3.05) is 6.54 Å². The molecule has 0 aliphatic heterocycles. The van der Waals surface area contributed by atoms with Gasteiger partial charge in [-0.25, -0.2) is 0 Å². The molecule has 0 saturated carbocycles. The van der Waals surface area contributed by atoms with Crippen LogP contribution in [-0.4, -0.2) is 23.3 Å². The molecule has 172 valence electrons. The molecule has 2 aromatic rings. The number of pyridine rings is 1. The van der Waals surface area contributed by atoms with E-state index in [2.05, 4.69) is 48.5 Å². The van der Waals surface area contributed by atoms with Gasteiger partial charge in [0, 0.05) is 37.5 Å². The third kappa shape index (κ3) is 6.76. The Bertz CT molecular complexity index is 1020. The number of hydrogen-bond acceptors (Lipinski definition) is 4. The third-order valence-corrected chi connectivity index (χ3v) is 6.50. The molecule has 1 aromatic heterocycles. The van der Waals surface area contributed by atoms with Gasteiger partial charge in [0.1, 0.15) is 0 Å². The molecule has 1 aliphatic carbocycles. The van der Waals surface area contributed by atoms with Crippen molar-refractivity contribution in [1.82, 2.24) is 15.6 Å². The van der Waals surface area contributed by atoms with Crippen LogP contribution in [0.15, 0.2) is 60.4 Å². The van der Waals surface area contributed by atoms with Crippen molar-refractivity contribution in [3.8, 4) is 6.07 Å². The maximum atomic E-state index is 12.6. The third-order valence-electron chi connectivity index (χ3n) is 6.50. The number of amides is 2. The van der Waals surface area contributed by atoms with Crippen molar-refractivity contribution in [1.29, 1.82) is 5.26 Å². The van der Waals surface area contributed by atoms with E-state index >= 15 is 0 Å². The maximum absolute atomic E-state index is 12.6. The van der Waals surface area contributed by atoms with Gasteiger partial charge in [0.15, 0.2) is 0 Å². The molecule has 0 spiro atoms. The second-order valence-corrected chi connectivity index (χ2v) is 9.16. The first kappa shape index (κ1) is 24.2. The summed E-state index contributed by atoms with van der Waals surface area (Å²) >= 11 is 0. The molecule has 0 fully saturated rings. The normalized spacial score (nSPS) is 20.0. The highest BCUT2D eigenvalue weighted by atomic mass is 16.2. The van der Waals surface area contributed by atoms with E-state index in [0.717, 1.165) is 12.0 Å². The molecule has 0 bridgehead atoms. The van der Waals surface area contributed by atoms with Crippen LogP contribution in [0.25, 0.3) is 0 Å². The fourth-order valence-electron chi connectivity index (χ4n) is 4.52. The molecule has 1 heterocycles. The van der Waals surface area contributed by atoms with Gasteiger partial charge in [0.25, 0.3) is 5.91 Å². The number of allylic oxidation sites excluding steroid dienone is 1. The van der Waals surface area contributed by atoms with Gasteiger partial charge in [0.05, 0.1) is 11.6 Å². The highest BCUT2D eigenvalue weighted by Gasteiger charge is 2.32. The van der Waals surface area contributed by atoms with Gasteiger partial charge in [-0.15, -0.1) is 0 Å². The van der Waals surface area contributed by atoms with Crippen molar-refractivity contribution >= 4 is 11.8 Å². The van der Waals surface area contributed by atoms with Crippen LogP contribution >= 0.6 is 0 Å². The number of carbonyl (C=O) groups is 2. The molecule has 2 N–H and O–H groups in total. The summed E-state index contributed by atoms with van der Waals surface area (Å²) in [6, 6.07) is 12.5. The lowest BCUT2D eigenvalue weighted by Gasteiger charge is -2.37. The zero-order valence-electron chi connectivity index (χ0n) is 19.5. The topological polar surface area (TPSA) is 94.9 Å². The highest BCUT2D eigenvalue weighted by Crippen LogP contribution is 2.38. The smallest absolute Gasteiger partial charge is 0.251 e. The Kier molecular flexibility index (Phi) is 8.37. The summed E-state index contributed by atoms with van der Waals surface area (Å²) in [6.07, 6.45) is 7.12. The van der Waals surface area contributed by atoms with Gasteiger partial charge in [-0.2, -0.15) is 5.26 Å². The lowest BCUT2D eigenvalue weighted by atomic mass is 9.69. The lowest BCUT2D eigenvalue weighted by molar-refractivity contribution is -0.122. The largest absolute Gasteiger partial charge is 0.352 e. The van der Waals surface area contributed by atoms with E-state index in [1.807, 2.05) is 12.1 Å². The molecule has 2 amide bonds. The molecule has 1 aromatic carbocycles. The number of hydrogen-bond donors (Lipinski definition) is 2. The van der Waals surface area contributed by atoms with Crippen LogP contribution < -0.4 is 10.6 Å². The molecular weight excluding hydrogens is 412 g/mol. The summed E-state index contributed by atoms with van der Waals surface area (Å²) < 4.78 is 0. The zero-order chi connectivity index (χ0) is 23.8. The predicted molar refractivity (Wildman–Crippen MR) is 128 cm³/mol. The molecule has 0 unspecified atom stereocenters. The number of carbonyl (C=O) groups excluding carboxylic acids is 2.